The third-order valence-electron chi connectivity index (χ3n) is 5.11. The van der Waals surface area contributed by atoms with Gasteiger partial charge in [-0.15, -0.1) is 0 Å². The zero-order valence-electron chi connectivity index (χ0n) is 15.4. The summed E-state index contributed by atoms with van der Waals surface area (Å²) < 4.78 is 19.6. The van der Waals surface area contributed by atoms with Crippen LogP contribution < -0.4 is 4.90 Å². The molecule has 2 aromatic rings. The van der Waals surface area contributed by atoms with Gasteiger partial charge in [-0.3, -0.25) is 14.5 Å². The van der Waals surface area contributed by atoms with Gasteiger partial charge < -0.3 is 9.64 Å². The van der Waals surface area contributed by atoms with Gasteiger partial charge in [-0.1, -0.05) is 35.3 Å². The zero-order chi connectivity index (χ0) is 20.5. The molecular formula is C20H18Cl2FN3O3. The maximum absolute atomic E-state index is 14.4. The van der Waals surface area contributed by atoms with Crippen molar-refractivity contribution >= 4 is 40.8 Å². The molecular weight excluding hydrogens is 420 g/mol. The summed E-state index contributed by atoms with van der Waals surface area (Å²) in [7, 11) is 0. The first kappa shape index (κ1) is 20.1. The van der Waals surface area contributed by atoms with Crippen LogP contribution >= 0.6 is 23.2 Å². The normalized spacial score (nSPS) is 20.2. The second-order valence-corrected chi connectivity index (χ2v) is 8.06. The van der Waals surface area contributed by atoms with Crippen LogP contribution in [0.4, 0.5) is 10.2 Å². The van der Waals surface area contributed by atoms with E-state index in [4.69, 9.17) is 27.9 Å². The predicted molar refractivity (Wildman–Crippen MR) is 106 cm³/mol. The summed E-state index contributed by atoms with van der Waals surface area (Å²) >= 11 is 11.7. The SMILES string of the molecule is O=C1C(CC2COC2)N(Cc2ccc(Cl)cc2)C(=O)CN1c1ncc(Cl)cc1F. The molecule has 4 rings (SSSR count). The van der Waals surface area contributed by atoms with Crippen molar-refractivity contribution in [2.45, 2.75) is 19.0 Å². The molecule has 0 saturated carbocycles. The Labute approximate surface area is 177 Å². The Morgan fingerprint density at radius 2 is 1.86 bits per heavy atom. The van der Waals surface area contributed by atoms with E-state index in [1.807, 2.05) is 12.1 Å². The molecule has 0 radical (unpaired) electrons. The summed E-state index contributed by atoms with van der Waals surface area (Å²) in [6, 6.07) is 7.46. The van der Waals surface area contributed by atoms with E-state index in [2.05, 4.69) is 4.98 Å². The van der Waals surface area contributed by atoms with Crippen LogP contribution in [0.5, 0.6) is 0 Å². The minimum atomic E-state index is -0.740. The first-order chi connectivity index (χ1) is 13.9. The maximum Gasteiger partial charge on any atom is 0.251 e. The fourth-order valence-electron chi connectivity index (χ4n) is 3.53. The van der Waals surface area contributed by atoms with Gasteiger partial charge in [0.1, 0.15) is 12.6 Å². The van der Waals surface area contributed by atoms with E-state index in [0.717, 1.165) is 16.5 Å². The molecule has 29 heavy (non-hydrogen) atoms. The van der Waals surface area contributed by atoms with Crippen LogP contribution in [-0.2, 0) is 20.9 Å². The van der Waals surface area contributed by atoms with Gasteiger partial charge in [0.25, 0.3) is 5.91 Å². The second kappa shape index (κ2) is 8.26. The topological polar surface area (TPSA) is 62.7 Å². The Hall–Kier alpha value is -2.22. The molecule has 2 aliphatic heterocycles. The number of amides is 2. The van der Waals surface area contributed by atoms with Gasteiger partial charge in [0.2, 0.25) is 5.91 Å². The minimum absolute atomic E-state index is 0.120. The smallest absolute Gasteiger partial charge is 0.251 e. The largest absolute Gasteiger partial charge is 0.381 e. The highest BCUT2D eigenvalue weighted by atomic mass is 35.5. The summed E-state index contributed by atoms with van der Waals surface area (Å²) in [5, 5.41) is 0.711. The number of anilines is 1. The van der Waals surface area contributed by atoms with Crippen LogP contribution in [0.15, 0.2) is 36.5 Å². The zero-order valence-corrected chi connectivity index (χ0v) is 16.9. The van der Waals surface area contributed by atoms with Gasteiger partial charge in [0, 0.05) is 23.7 Å². The number of carbonyl (C=O) groups excluding carboxylic acids is 2. The lowest BCUT2D eigenvalue weighted by Gasteiger charge is -2.42. The number of pyridine rings is 1. The average Bonchev–Trinajstić information content (AvgIpc) is 2.65. The summed E-state index contributed by atoms with van der Waals surface area (Å²) in [5.41, 5.74) is 0.856. The Bertz CT molecular complexity index is 937. The van der Waals surface area contributed by atoms with Crippen molar-refractivity contribution in [3.63, 3.8) is 0 Å². The standard InChI is InChI=1S/C20H18Cl2FN3O3/c21-14-3-1-12(2-4-14)8-25-17(5-13-10-29-11-13)20(28)26(9-18(25)27)19-16(23)6-15(22)7-24-19/h1-4,6-7,13,17H,5,8-11H2. The number of piperazine rings is 1. The van der Waals surface area contributed by atoms with E-state index >= 15 is 0 Å². The Balaban J connectivity index is 1.63. The highest BCUT2D eigenvalue weighted by Gasteiger charge is 2.43. The Kier molecular flexibility index (Phi) is 5.72. The first-order valence-corrected chi connectivity index (χ1v) is 9.92. The summed E-state index contributed by atoms with van der Waals surface area (Å²) in [4.78, 5) is 32.8. The molecule has 1 atom stereocenters. The van der Waals surface area contributed by atoms with Crippen molar-refractivity contribution in [1.82, 2.24) is 9.88 Å². The lowest BCUT2D eigenvalue weighted by molar-refractivity contribution is -0.146. The van der Waals surface area contributed by atoms with Crippen LogP contribution in [0.3, 0.4) is 0 Å². The van der Waals surface area contributed by atoms with Gasteiger partial charge in [-0.2, -0.15) is 0 Å². The number of benzene rings is 1. The monoisotopic (exact) mass is 437 g/mol. The molecule has 0 bridgehead atoms. The molecule has 0 aliphatic carbocycles. The van der Waals surface area contributed by atoms with E-state index in [-0.39, 0.29) is 41.7 Å². The minimum Gasteiger partial charge on any atom is -0.381 e. The number of halogens is 3. The first-order valence-electron chi connectivity index (χ1n) is 9.16. The molecule has 9 heteroatoms. The van der Waals surface area contributed by atoms with Crippen LogP contribution in [0.25, 0.3) is 0 Å². The van der Waals surface area contributed by atoms with Crippen molar-refractivity contribution < 1.29 is 18.7 Å². The summed E-state index contributed by atoms with van der Waals surface area (Å²) in [6.07, 6.45) is 1.70. The molecule has 0 N–H and O–H groups in total. The lowest BCUT2D eigenvalue weighted by atomic mass is 9.94. The Morgan fingerprint density at radius 1 is 1.14 bits per heavy atom. The highest BCUT2D eigenvalue weighted by Crippen LogP contribution is 2.29. The summed E-state index contributed by atoms with van der Waals surface area (Å²) in [5.74, 6) is -1.39. The van der Waals surface area contributed by atoms with Crippen molar-refractivity contribution in [2.75, 3.05) is 24.7 Å². The van der Waals surface area contributed by atoms with Gasteiger partial charge in [-0.25, -0.2) is 9.37 Å². The summed E-state index contributed by atoms with van der Waals surface area (Å²) in [6.45, 7) is 1.07. The molecule has 6 nitrogen and oxygen atoms in total. The molecule has 1 aromatic carbocycles. The molecule has 3 heterocycles. The van der Waals surface area contributed by atoms with Gasteiger partial charge >= 0.3 is 0 Å². The number of aromatic nitrogens is 1. The third kappa shape index (κ3) is 4.22. The lowest BCUT2D eigenvalue weighted by Crippen LogP contribution is -2.61. The van der Waals surface area contributed by atoms with Crippen molar-refractivity contribution in [2.24, 2.45) is 5.92 Å². The van der Waals surface area contributed by atoms with Crippen LogP contribution in [0, 0.1) is 11.7 Å². The van der Waals surface area contributed by atoms with E-state index in [9.17, 15) is 14.0 Å². The number of rotatable bonds is 5. The van der Waals surface area contributed by atoms with Gasteiger partial charge in [0.05, 0.1) is 18.2 Å². The molecule has 152 valence electrons. The number of nitrogens with zero attached hydrogens (tertiary/aromatic N) is 3. The van der Waals surface area contributed by atoms with Crippen LogP contribution in [0.1, 0.15) is 12.0 Å². The maximum atomic E-state index is 14.4. The molecule has 0 spiro atoms. The van der Waals surface area contributed by atoms with E-state index < -0.39 is 11.9 Å². The predicted octanol–water partition coefficient (Wildman–Crippen LogP) is 3.31. The number of carbonyl (C=O) groups is 2. The van der Waals surface area contributed by atoms with E-state index in [0.29, 0.717) is 24.7 Å². The molecule has 2 fully saturated rings. The van der Waals surface area contributed by atoms with Gasteiger partial charge in [-0.05, 0) is 30.2 Å². The number of hydrogen-bond donors (Lipinski definition) is 0. The third-order valence-corrected chi connectivity index (χ3v) is 5.57. The fourth-order valence-corrected chi connectivity index (χ4v) is 3.80. The molecule has 2 aliphatic rings. The van der Waals surface area contributed by atoms with Crippen molar-refractivity contribution in [3.8, 4) is 0 Å². The highest BCUT2D eigenvalue weighted by molar-refractivity contribution is 6.30. The quantitative estimate of drug-likeness (QED) is 0.719. The fraction of sp³-hybridized carbons (Fsp3) is 0.350. The van der Waals surface area contributed by atoms with Gasteiger partial charge in [0.15, 0.2) is 11.6 Å². The number of hydrogen-bond acceptors (Lipinski definition) is 4. The molecule has 1 unspecified atom stereocenters. The van der Waals surface area contributed by atoms with E-state index in [1.54, 1.807) is 17.0 Å². The van der Waals surface area contributed by atoms with E-state index in [1.165, 1.54) is 6.20 Å². The molecule has 2 saturated heterocycles. The van der Waals surface area contributed by atoms with Crippen LogP contribution in [0.2, 0.25) is 10.0 Å². The second-order valence-electron chi connectivity index (χ2n) is 7.19. The van der Waals surface area contributed by atoms with Crippen molar-refractivity contribution in [3.05, 3.63) is 58.0 Å². The molecule has 2 amide bonds. The van der Waals surface area contributed by atoms with Crippen LogP contribution in [-0.4, -0.2) is 47.5 Å². The molecule has 1 aromatic heterocycles. The Morgan fingerprint density at radius 3 is 2.48 bits per heavy atom. The van der Waals surface area contributed by atoms with Crippen molar-refractivity contribution in [1.29, 1.82) is 0 Å². The number of ether oxygens (including phenoxy) is 1. The average molecular weight is 438 g/mol.